The first-order chi connectivity index (χ1) is 4.68. The first-order valence-corrected chi connectivity index (χ1v) is 3.70. The topological polar surface area (TPSA) is 52.3 Å². The lowest BCUT2D eigenvalue weighted by Gasteiger charge is -2.15. The Hall–Kier alpha value is -0.570. The van der Waals surface area contributed by atoms with E-state index in [9.17, 15) is 4.79 Å². The first kappa shape index (κ1) is 5.13. The number of hydrogen-bond acceptors (Lipinski definition) is 3. The van der Waals surface area contributed by atoms with E-state index in [1.54, 1.807) is 0 Å². The molecule has 10 heavy (non-hydrogen) atoms. The Morgan fingerprint density at radius 3 is 2.50 bits per heavy atom. The Balaban J connectivity index is 2.08. The summed E-state index contributed by atoms with van der Waals surface area (Å²) < 4.78 is 5.16. The van der Waals surface area contributed by atoms with Gasteiger partial charge in [0.25, 0.3) is 0 Å². The van der Waals surface area contributed by atoms with Gasteiger partial charge < -0.3 is 10.5 Å². The van der Waals surface area contributed by atoms with Crippen LogP contribution in [0, 0.1) is 5.92 Å². The van der Waals surface area contributed by atoms with Gasteiger partial charge in [0, 0.05) is 0 Å². The van der Waals surface area contributed by atoms with Gasteiger partial charge in [0.1, 0.15) is 5.60 Å². The van der Waals surface area contributed by atoms with Gasteiger partial charge in [-0.25, -0.2) is 0 Å². The molecule has 2 N–H and O–H groups in total. The molecule has 3 aliphatic rings. The maximum Gasteiger partial charge on any atom is 0.311 e. The Morgan fingerprint density at radius 2 is 2.30 bits per heavy atom. The molecule has 1 aliphatic heterocycles. The van der Waals surface area contributed by atoms with E-state index in [1.165, 1.54) is 0 Å². The summed E-state index contributed by atoms with van der Waals surface area (Å²) in [6.07, 6.45) is 2.85. The van der Waals surface area contributed by atoms with E-state index >= 15 is 0 Å². The van der Waals surface area contributed by atoms with Crippen LogP contribution in [0.25, 0.3) is 0 Å². The van der Waals surface area contributed by atoms with Crippen LogP contribution in [0.2, 0.25) is 0 Å². The summed E-state index contributed by atoms with van der Waals surface area (Å²) in [4.78, 5) is 11.0. The molecule has 2 saturated carbocycles. The average Bonchev–Trinajstić information content (AvgIpc) is 2.66. The molecule has 2 aliphatic carbocycles. The molecule has 0 bridgehead atoms. The molecular weight excluding hydrogens is 130 g/mol. The van der Waals surface area contributed by atoms with Crippen molar-refractivity contribution >= 4 is 5.97 Å². The van der Waals surface area contributed by atoms with Crippen molar-refractivity contribution < 1.29 is 9.53 Å². The molecule has 1 spiro atoms. The van der Waals surface area contributed by atoms with Gasteiger partial charge in [-0.3, -0.25) is 4.79 Å². The third-order valence-corrected chi connectivity index (χ3v) is 3.14. The third kappa shape index (κ3) is 0.311. The van der Waals surface area contributed by atoms with Gasteiger partial charge in [0.2, 0.25) is 0 Å². The van der Waals surface area contributed by atoms with Crippen LogP contribution in [-0.4, -0.2) is 17.1 Å². The van der Waals surface area contributed by atoms with Gasteiger partial charge in [-0.15, -0.1) is 0 Å². The van der Waals surface area contributed by atoms with Crippen molar-refractivity contribution in [2.45, 2.75) is 30.4 Å². The van der Waals surface area contributed by atoms with Crippen molar-refractivity contribution in [3.8, 4) is 0 Å². The van der Waals surface area contributed by atoms with E-state index in [-0.39, 0.29) is 23.0 Å². The summed E-state index contributed by atoms with van der Waals surface area (Å²) in [7, 11) is 0. The van der Waals surface area contributed by atoms with E-state index < -0.39 is 0 Å². The lowest BCUT2D eigenvalue weighted by atomic mass is 10.1. The molecule has 2 atom stereocenters. The number of fused-ring (bicyclic) bond motifs is 2. The molecule has 3 heteroatoms. The molecule has 0 amide bonds. The predicted octanol–water partition coefficient (Wildman–Crippen LogP) is -0.207. The van der Waals surface area contributed by atoms with Gasteiger partial charge in [-0.05, 0) is 19.3 Å². The van der Waals surface area contributed by atoms with E-state index in [0.717, 1.165) is 19.3 Å². The quantitative estimate of drug-likeness (QED) is 0.472. The number of carbonyl (C=O) groups is 1. The molecule has 3 rings (SSSR count). The number of nitrogens with two attached hydrogens (primary N) is 1. The largest absolute Gasteiger partial charge is 0.457 e. The second-order valence-corrected chi connectivity index (χ2v) is 3.71. The Bertz CT molecular complexity index is 234. The highest BCUT2D eigenvalue weighted by Crippen LogP contribution is 2.66. The van der Waals surface area contributed by atoms with E-state index in [0.29, 0.717) is 0 Å². The molecular formula is C7H9NO2. The summed E-state index contributed by atoms with van der Waals surface area (Å²) in [5.41, 5.74) is 5.52. The molecule has 3 fully saturated rings. The summed E-state index contributed by atoms with van der Waals surface area (Å²) in [5.74, 6) is -0.00463. The minimum atomic E-state index is -0.232. The van der Waals surface area contributed by atoms with Gasteiger partial charge in [0.05, 0.1) is 11.5 Å². The zero-order chi connectivity index (χ0) is 6.98. The average molecular weight is 139 g/mol. The number of carbonyl (C=O) groups excluding carboxylic acids is 1. The van der Waals surface area contributed by atoms with Crippen LogP contribution in [-0.2, 0) is 9.53 Å². The monoisotopic (exact) mass is 139 g/mol. The minimum Gasteiger partial charge on any atom is -0.457 e. The number of ether oxygens (including phenoxy) is 1. The van der Waals surface area contributed by atoms with Crippen LogP contribution in [0.5, 0.6) is 0 Å². The van der Waals surface area contributed by atoms with E-state index in [4.69, 9.17) is 10.5 Å². The molecule has 3 nitrogen and oxygen atoms in total. The van der Waals surface area contributed by atoms with Crippen molar-refractivity contribution in [1.29, 1.82) is 0 Å². The van der Waals surface area contributed by atoms with E-state index in [2.05, 4.69) is 0 Å². The molecule has 54 valence electrons. The van der Waals surface area contributed by atoms with Crippen LogP contribution in [0.15, 0.2) is 0 Å². The summed E-state index contributed by atoms with van der Waals surface area (Å²) >= 11 is 0. The van der Waals surface area contributed by atoms with Gasteiger partial charge in [-0.2, -0.15) is 0 Å². The molecule has 1 saturated heterocycles. The highest BCUT2D eigenvalue weighted by atomic mass is 16.6. The molecule has 1 unspecified atom stereocenters. The highest BCUT2D eigenvalue weighted by molar-refractivity contribution is 5.84. The molecule has 0 aromatic heterocycles. The summed E-state index contributed by atoms with van der Waals surface area (Å²) in [6, 6.07) is 0. The predicted molar refractivity (Wildman–Crippen MR) is 33.1 cm³/mol. The van der Waals surface area contributed by atoms with Crippen molar-refractivity contribution in [2.75, 3.05) is 0 Å². The van der Waals surface area contributed by atoms with Gasteiger partial charge in [0.15, 0.2) is 0 Å². The first-order valence-electron chi connectivity index (χ1n) is 3.70. The molecule has 0 radical (unpaired) electrons. The second-order valence-electron chi connectivity index (χ2n) is 3.71. The number of hydrogen-bond donors (Lipinski definition) is 1. The van der Waals surface area contributed by atoms with Gasteiger partial charge in [-0.1, -0.05) is 0 Å². The number of rotatable bonds is 0. The molecule has 0 aromatic rings. The smallest absolute Gasteiger partial charge is 0.311 e. The lowest BCUT2D eigenvalue weighted by Crippen LogP contribution is -2.38. The summed E-state index contributed by atoms with van der Waals surface area (Å²) in [5, 5.41) is 0. The molecule has 1 heterocycles. The fourth-order valence-electron chi connectivity index (χ4n) is 2.12. The SMILES string of the molecule is N[C@]12CC1C(=O)OC21CC1. The number of esters is 1. The Labute approximate surface area is 58.5 Å². The highest BCUT2D eigenvalue weighted by Gasteiger charge is 2.79. The van der Waals surface area contributed by atoms with Crippen LogP contribution < -0.4 is 5.73 Å². The fraction of sp³-hybridized carbons (Fsp3) is 0.857. The molecule has 0 aromatic carbocycles. The fourth-order valence-corrected chi connectivity index (χ4v) is 2.12. The van der Waals surface area contributed by atoms with Crippen molar-refractivity contribution in [1.82, 2.24) is 0 Å². The van der Waals surface area contributed by atoms with Crippen LogP contribution in [0.4, 0.5) is 0 Å². The third-order valence-electron chi connectivity index (χ3n) is 3.14. The van der Waals surface area contributed by atoms with Crippen LogP contribution in [0.1, 0.15) is 19.3 Å². The van der Waals surface area contributed by atoms with Crippen molar-refractivity contribution in [3.05, 3.63) is 0 Å². The maximum absolute atomic E-state index is 11.0. The Kier molecular flexibility index (Phi) is 0.520. The zero-order valence-electron chi connectivity index (χ0n) is 5.59. The minimum absolute atomic E-state index is 0.0509. The van der Waals surface area contributed by atoms with E-state index in [1.807, 2.05) is 0 Å². The maximum atomic E-state index is 11.0. The second kappa shape index (κ2) is 1.01. The summed E-state index contributed by atoms with van der Waals surface area (Å²) in [6.45, 7) is 0. The van der Waals surface area contributed by atoms with Crippen LogP contribution in [0.3, 0.4) is 0 Å². The van der Waals surface area contributed by atoms with Crippen LogP contribution >= 0.6 is 0 Å². The Morgan fingerprint density at radius 1 is 1.60 bits per heavy atom. The van der Waals surface area contributed by atoms with Gasteiger partial charge >= 0.3 is 5.97 Å². The normalized spacial score (nSPS) is 52.5. The zero-order valence-corrected chi connectivity index (χ0v) is 5.59. The van der Waals surface area contributed by atoms with Crippen molar-refractivity contribution in [3.63, 3.8) is 0 Å². The van der Waals surface area contributed by atoms with Crippen molar-refractivity contribution in [2.24, 2.45) is 11.7 Å². The standard InChI is InChI=1S/C7H9NO2/c8-7-3-4(7)5(9)10-6(7)1-2-6/h4H,1-3,8H2/t4?,7-/m1/s1. The lowest BCUT2D eigenvalue weighted by molar-refractivity contribution is -0.146.